The molecular weight excluding hydrogens is 355 g/mol. The normalized spacial score (nSPS) is 19.7. The molecule has 2 aliphatic heterocycles. The van der Waals surface area contributed by atoms with E-state index in [1.54, 1.807) is 23.1 Å². The maximum absolute atomic E-state index is 14.0. The van der Waals surface area contributed by atoms with E-state index in [0.717, 1.165) is 38.9 Å². The van der Waals surface area contributed by atoms with Crippen LogP contribution < -0.4 is 0 Å². The zero-order valence-electron chi connectivity index (χ0n) is 16.1. The number of carbonyl (C=O) groups excluding carboxylic acids is 1. The standard InChI is InChI=1S/C23H27FN2O2/c24-21-9-5-4-8-20(21)22(27)26-16-17-28-23(18-26)11-14-25(15-12-23)13-10-19-6-2-1-3-7-19/h1-9H,10-18H2. The molecule has 2 aromatic rings. The third-order valence-corrected chi connectivity index (χ3v) is 5.97. The smallest absolute Gasteiger partial charge is 0.257 e. The van der Waals surface area contributed by atoms with Crippen molar-refractivity contribution in [2.75, 3.05) is 39.3 Å². The highest BCUT2D eigenvalue weighted by atomic mass is 19.1. The lowest BCUT2D eigenvalue weighted by Gasteiger charge is -2.47. The summed E-state index contributed by atoms with van der Waals surface area (Å²) < 4.78 is 20.2. The van der Waals surface area contributed by atoms with Crippen LogP contribution in [0.2, 0.25) is 0 Å². The van der Waals surface area contributed by atoms with E-state index >= 15 is 0 Å². The Hall–Kier alpha value is -2.24. The lowest BCUT2D eigenvalue weighted by Crippen LogP contribution is -2.58. The summed E-state index contributed by atoms with van der Waals surface area (Å²) in [7, 11) is 0. The van der Waals surface area contributed by atoms with Crippen LogP contribution in [0.4, 0.5) is 4.39 Å². The second-order valence-corrected chi connectivity index (χ2v) is 7.82. The summed E-state index contributed by atoms with van der Waals surface area (Å²) in [6.45, 7) is 4.56. The Balaban J connectivity index is 1.33. The number of amides is 1. The van der Waals surface area contributed by atoms with Gasteiger partial charge in [0.1, 0.15) is 5.82 Å². The van der Waals surface area contributed by atoms with E-state index in [1.165, 1.54) is 11.6 Å². The summed E-state index contributed by atoms with van der Waals surface area (Å²) in [5.41, 5.74) is 1.22. The minimum Gasteiger partial charge on any atom is -0.371 e. The van der Waals surface area contributed by atoms with Crippen LogP contribution in [-0.2, 0) is 11.2 Å². The van der Waals surface area contributed by atoms with Crippen molar-refractivity contribution in [3.8, 4) is 0 Å². The summed E-state index contributed by atoms with van der Waals surface area (Å²) in [4.78, 5) is 17.0. The lowest BCUT2D eigenvalue weighted by atomic mass is 9.89. The van der Waals surface area contributed by atoms with Crippen LogP contribution in [0, 0.1) is 5.82 Å². The first-order valence-corrected chi connectivity index (χ1v) is 10.1. The molecule has 0 radical (unpaired) electrons. The Bertz CT molecular complexity index is 803. The molecule has 0 aliphatic carbocycles. The van der Waals surface area contributed by atoms with Crippen LogP contribution in [0.3, 0.4) is 0 Å². The van der Waals surface area contributed by atoms with Gasteiger partial charge in [0.2, 0.25) is 0 Å². The van der Waals surface area contributed by atoms with Gasteiger partial charge in [0.05, 0.1) is 24.3 Å². The van der Waals surface area contributed by atoms with Crippen molar-refractivity contribution in [2.45, 2.75) is 24.9 Å². The van der Waals surface area contributed by atoms with E-state index in [-0.39, 0.29) is 17.1 Å². The van der Waals surface area contributed by atoms with Crippen molar-refractivity contribution in [3.05, 3.63) is 71.5 Å². The first-order chi connectivity index (χ1) is 13.7. The average molecular weight is 382 g/mol. The van der Waals surface area contributed by atoms with E-state index in [4.69, 9.17) is 4.74 Å². The van der Waals surface area contributed by atoms with Crippen LogP contribution in [0.15, 0.2) is 54.6 Å². The molecule has 2 aromatic carbocycles. The van der Waals surface area contributed by atoms with Crippen molar-refractivity contribution in [2.24, 2.45) is 0 Å². The van der Waals surface area contributed by atoms with Gasteiger partial charge in [0.25, 0.3) is 5.91 Å². The minimum absolute atomic E-state index is 0.153. The van der Waals surface area contributed by atoms with Crippen LogP contribution in [0.5, 0.6) is 0 Å². The van der Waals surface area contributed by atoms with Crippen molar-refractivity contribution < 1.29 is 13.9 Å². The van der Waals surface area contributed by atoms with Gasteiger partial charge in [-0.05, 0) is 37.0 Å². The van der Waals surface area contributed by atoms with E-state index in [9.17, 15) is 9.18 Å². The molecule has 0 N–H and O–H groups in total. The van der Waals surface area contributed by atoms with Gasteiger partial charge in [-0.25, -0.2) is 4.39 Å². The van der Waals surface area contributed by atoms with Crippen molar-refractivity contribution in [3.63, 3.8) is 0 Å². The highest BCUT2D eigenvalue weighted by molar-refractivity contribution is 5.94. The predicted octanol–water partition coefficient (Wildman–Crippen LogP) is 3.38. The number of piperidine rings is 1. The summed E-state index contributed by atoms with van der Waals surface area (Å²) >= 11 is 0. The molecule has 1 spiro atoms. The molecule has 5 heteroatoms. The Morgan fingerprint density at radius 1 is 1.00 bits per heavy atom. The number of hydrogen-bond donors (Lipinski definition) is 0. The molecule has 2 aliphatic rings. The molecule has 148 valence electrons. The number of benzene rings is 2. The summed E-state index contributed by atoms with van der Waals surface area (Å²) in [6.07, 6.45) is 2.86. The molecular formula is C23H27FN2O2. The first kappa shape index (κ1) is 19.1. The van der Waals surface area contributed by atoms with Crippen LogP contribution in [0.1, 0.15) is 28.8 Å². The lowest BCUT2D eigenvalue weighted by molar-refractivity contribution is -0.127. The summed E-state index contributed by atoms with van der Waals surface area (Å²) in [5, 5.41) is 0. The van der Waals surface area contributed by atoms with Crippen LogP contribution in [0.25, 0.3) is 0 Å². The van der Waals surface area contributed by atoms with E-state index in [1.807, 2.05) is 6.07 Å². The van der Waals surface area contributed by atoms with Gasteiger partial charge < -0.3 is 14.5 Å². The zero-order valence-corrected chi connectivity index (χ0v) is 16.1. The fourth-order valence-electron chi connectivity index (χ4n) is 4.24. The average Bonchev–Trinajstić information content (AvgIpc) is 2.74. The van der Waals surface area contributed by atoms with Crippen molar-refractivity contribution >= 4 is 5.91 Å². The fraction of sp³-hybridized carbons (Fsp3) is 0.435. The maximum atomic E-state index is 14.0. The third-order valence-electron chi connectivity index (χ3n) is 5.97. The largest absolute Gasteiger partial charge is 0.371 e. The topological polar surface area (TPSA) is 32.8 Å². The molecule has 2 fully saturated rings. The van der Waals surface area contributed by atoms with Gasteiger partial charge in [0, 0.05) is 26.2 Å². The SMILES string of the molecule is O=C(c1ccccc1F)N1CCOC2(CCN(CCc3ccccc3)CC2)C1. The third kappa shape index (κ3) is 4.26. The minimum atomic E-state index is -0.455. The van der Waals surface area contributed by atoms with Gasteiger partial charge in [-0.3, -0.25) is 4.79 Å². The molecule has 0 aromatic heterocycles. The molecule has 2 saturated heterocycles. The summed E-state index contributed by atoms with van der Waals surface area (Å²) in [6, 6.07) is 16.8. The highest BCUT2D eigenvalue weighted by Crippen LogP contribution is 2.31. The summed E-state index contributed by atoms with van der Waals surface area (Å²) in [5.74, 6) is -0.684. The number of rotatable bonds is 4. The molecule has 2 heterocycles. The van der Waals surface area contributed by atoms with Gasteiger partial charge in [-0.1, -0.05) is 42.5 Å². The van der Waals surface area contributed by atoms with E-state index in [2.05, 4.69) is 29.2 Å². The van der Waals surface area contributed by atoms with Crippen LogP contribution >= 0.6 is 0 Å². The van der Waals surface area contributed by atoms with Gasteiger partial charge in [0.15, 0.2) is 0 Å². The van der Waals surface area contributed by atoms with Crippen molar-refractivity contribution in [1.29, 1.82) is 0 Å². The molecule has 0 saturated carbocycles. The molecule has 1 amide bonds. The number of halogens is 1. The van der Waals surface area contributed by atoms with Gasteiger partial charge in [-0.15, -0.1) is 0 Å². The number of nitrogens with zero attached hydrogens (tertiary/aromatic N) is 2. The Kier molecular flexibility index (Phi) is 5.74. The fourth-order valence-corrected chi connectivity index (χ4v) is 4.24. The van der Waals surface area contributed by atoms with Gasteiger partial charge in [-0.2, -0.15) is 0 Å². The quantitative estimate of drug-likeness (QED) is 0.813. The van der Waals surface area contributed by atoms with E-state index < -0.39 is 5.82 Å². The Morgan fingerprint density at radius 3 is 2.46 bits per heavy atom. The van der Waals surface area contributed by atoms with Crippen LogP contribution in [-0.4, -0.2) is 60.6 Å². The number of carbonyl (C=O) groups is 1. The first-order valence-electron chi connectivity index (χ1n) is 10.1. The second-order valence-electron chi connectivity index (χ2n) is 7.82. The monoisotopic (exact) mass is 382 g/mol. The number of morpholine rings is 1. The predicted molar refractivity (Wildman–Crippen MR) is 107 cm³/mol. The number of likely N-dealkylation sites (tertiary alicyclic amines) is 1. The van der Waals surface area contributed by atoms with E-state index in [0.29, 0.717) is 19.7 Å². The van der Waals surface area contributed by atoms with Crippen molar-refractivity contribution in [1.82, 2.24) is 9.80 Å². The Labute approximate surface area is 165 Å². The number of hydrogen-bond acceptors (Lipinski definition) is 3. The molecule has 0 unspecified atom stereocenters. The molecule has 0 atom stereocenters. The maximum Gasteiger partial charge on any atom is 0.257 e. The number of ether oxygens (including phenoxy) is 1. The molecule has 0 bridgehead atoms. The molecule has 4 nitrogen and oxygen atoms in total. The van der Waals surface area contributed by atoms with Gasteiger partial charge >= 0.3 is 0 Å². The zero-order chi connectivity index (χ0) is 19.4. The Morgan fingerprint density at radius 2 is 1.71 bits per heavy atom. The molecule has 28 heavy (non-hydrogen) atoms. The highest BCUT2D eigenvalue weighted by Gasteiger charge is 2.41. The molecule has 4 rings (SSSR count). The second kappa shape index (κ2) is 8.41.